The van der Waals surface area contributed by atoms with Crippen LogP contribution in [0.1, 0.15) is 25.0 Å². The first-order valence-electron chi connectivity index (χ1n) is 9.94. The smallest absolute Gasteiger partial charge is 0.262 e. The van der Waals surface area contributed by atoms with Gasteiger partial charge in [0.05, 0.1) is 24.3 Å². The van der Waals surface area contributed by atoms with Crippen molar-refractivity contribution in [1.29, 1.82) is 0 Å². The van der Waals surface area contributed by atoms with E-state index in [0.717, 1.165) is 11.1 Å². The molecule has 31 heavy (non-hydrogen) atoms. The molecule has 0 unspecified atom stereocenters. The van der Waals surface area contributed by atoms with Crippen LogP contribution in [0.25, 0.3) is 11.3 Å². The Labute approximate surface area is 183 Å². The van der Waals surface area contributed by atoms with Gasteiger partial charge in [0, 0.05) is 17.3 Å². The van der Waals surface area contributed by atoms with E-state index in [-0.39, 0.29) is 4.90 Å². The van der Waals surface area contributed by atoms with E-state index in [1.54, 1.807) is 56.5 Å². The Kier molecular flexibility index (Phi) is 6.80. The quantitative estimate of drug-likeness (QED) is 0.549. The summed E-state index contributed by atoms with van der Waals surface area (Å²) in [4.78, 5) is 0.211. The maximum Gasteiger partial charge on any atom is 0.262 e. The lowest BCUT2D eigenvalue weighted by Gasteiger charge is -2.14. The molecule has 0 fully saturated rings. The minimum absolute atomic E-state index is 0.211. The third-order valence-electron chi connectivity index (χ3n) is 4.60. The van der Waals surface area contributed by atoms with Gasteiger partial charge in [-0.1, -0.05) is 26.0 Å². The molecule has 0 aliphatic rings. The van der Waals surface area contributed by atoms with Crippen LogP contribution in [0.5, 0.6) is 11.6 Å². The van der Waals surface area contributed by atoms with Crippen molar-refractivity contribution in [1.82, 2.24) is 10.2 Å². The Hall–Kier alpha value is -3.13. The maximum atomic E-state index is 13.0. The molecule has 0 aliphatic carbocycles. The van der Waals surface area contributed by atoms with Gasteiger partial charge in [0.25, 0.3) is 10.0 Å². The van der Waals surface area contributed by atoms with E-state index in [1.807, 2.05) is 13.0 Å². The highest BCUT2D eigenvalue weighted by Gasteiger charge is 2.19. The van der Waals surface area contributed by atoms with Gasteiger partial charge in [-0.2, -0.15) is 0 Å². The van der Waals surface area contributed by atoms with Crippen molar-refractivity contribution in [2.24, 2.45) is 5.92 Å². The lowest BCUT2D eigenvalue weighted by atomic mass is 10.1. The van der Waals surface area contributed by atoms with Crippen molar-refractivity contribution in [3.63, 3.8) is 0 Å². The first-order valence-corrected chi connectivity index (χ1v) is 11.4. The number of sulfonamides is 1. The highest BCUT2D eigenvalue weighted by molar-refractivity contribution is 7.92. The van der Waals surface area contributed by atoms with Crippen LogP contribution < -0.4 is 14.2 Å². The molecule has 0 atom stereocenters. The predicted octanol–water partition coefficient (Wildman–Crippen LogP) is 4.60. The fraction of sp³-hybridized carbons (Fsp3) is 0.304. The molecule has 0 aliphatic heterocycles. The molecule has 0 saturated heterocycles. The highest BCUT2D eigenvalue weighted by atomic mass is 32.2. The van der Waals surface area contributed by atoms with E-state index in [0.29, 0.717) is 41.1 Å². The molecule has 1 heterocycles. The first kappa shape index (κ1) is 22.6. The Balaban J connectivity index is 1.83. The van der Waals surface area contributed by atoms with Crippen LogP contribution >= 0.6 is 0 Å². The van der Waals surface area contributed by atoms with Gasteiger partial charge in [0.1, 0.15) is 5.75 Å². The summed E-state index contributed by atoms with van der Waals surface area (Å²) < 4.78 is 39.5. The number of hydrogen-bond donors (Lipinski definition) is 1. The summed E-state index contributed by atoms with van der Waals surface area (Å²) >= 11 is 0. The van der Waals surface area contributed by atoms with Crippen molar-refractivity contribution < 1.29 is 17.9 Å². The van der Waals surface area contributed by atoms with Crippen LogP contribution in [0.15, 0.2) is 53.4 Å². The molecule has 0 bridgehead atoms. The normalized spacial score (nSPS) is 11.4. The molecule has 164 valence electrons. The summed E-state index contributed by atoms with van der Waals surface area (Å²) in [6.45, 7) is 8.23. The molecule has 7 nitrogen and oxygen atoms in total. The van der Waals surface area contributed by atoms with E-state index in [9.17, 15) is 8.42 Å². The zero-order chi connectivity index (χ0) is 22.6. The van der Waals surface area contributed by atoms with Crippen molar-refractivity contribution in [3.8, 4) is 22.9 Å². The lowest BCUT2D eigenvalue weighted by molar-refractivity contribution is 0.258. The number of hydrogen-bond acceptors (Lipinski definition) is 6. The molecule has 1 N–H and O–H groups in total. The summed E-state index contributed by atoms with van der Waals surface area (Å²) in [6.07, 6.45) is 0. The molecular formula is C23H27N3O4S. The van der Waals surface area contributed by atoms with Crippen molar-refractivity contribution in [3.05, 3.63) is 59.7 Å². The average Bonchev–Trinajstić information content (AvgIpc) is 2.73. The van der Waals surface area contributed by atoms with Gasteiger partial charge in [-0.3, -0.25) is 4.72 Å². The number of methoxy groups -OCH3 is 1. The van der Waals surface area contributed by atoms with Crippen LogP contribution in [0, 0.1) is 19.8 Å². The van der Waals surface area contributed by atoms with Crippen molar-refractivity contribution >= 4 is 15.7 Å². The van der Waals surface area contributed by atoms with Gasteiger partial charge in [0.2, 0.25) is 5.88 Å². The minimum Gasteiger partial charge on any atom is -0.496 e. The third-order valence-corrected chi connectivity index (χ3v) is 6.12. The van der Waals surface area contributed by atoms with Gasteiger partial charge in [-0.15, -0.1) is 10.2 Å². The van der Waals surface area contributed by atoms with Crippen molar-refractivity contribution in [2.75, 3.05) is 18.4 Å². The maximum absolute atomic E-state index is 13.0. The summed E-state index contributed by atoms with van der Waals surface area (Å²) in [6, 6.07) is 13.9. The summed E-state index contributed by atoms with van der Waals surface area (Å²) in [5, 5.41) is 8.30. The molecule has 0 radical (unpaired) electrons. The number of ether oxygens (including phenoxy) is 2. The first-order chi connectivity index (χ1) is 14.7. The molecule has 1 aromatic heterocycles. The monoisotopic (exact) mass is 441 g/mol. The number of benzene rings is 2. The largest absolute Gasteiger partial charge is 0.496 e. The zero-order valence-electron chi connectivity index (χ0n) is 18.3. The van der Waals surface area contributed by atoms with E-state index in [1.165, 1.54) is 0 Å². The van der Waals surface area contributed by atoms with Crippen LogP contribution in [0.4, 0.5) is 5.69 Å². The van der Waals surface area contributed by atoms with E-state index in [4.69, 9.17) is 9.47 Å². The molecule has 0 saturated carbocycles. The molecule has 0 spiro atoms. The zero-order valence-corrected chi connectivity index (χ0v) is 19.2. The number of nitrogens with zero attached hydrogens (tertiary/aromatic N) is 2. The second kappa shape index (κ2) is 9.34. The summed E-state index contributed by atoms with van der Waals surface area (Å²) in [5.41, 5.74) is 3.15. The van der Waals surface area contributed by atoms with Gasteiger partial charge < -0.3 is 9.47 Å². The molecular weight excluding hydrogens is 414 g/mol. The van der Waals surface area contributed by atoms with E-state index < -0.39 is 10.0 Å². The topological polar surface area (TPSA) is 90.4 Å². The number of nitrogens with one attached hydrogen (secondary N) is 1. The molecule has 2 aromatic carbocycles. The number of aromatic nitrogens is 2. The Morgan fingerprint density at radius 2 is 1.77 bits per heavy atom. The lowest BCUT2D eigenvalue weighted by Crippen LogP contribution is -2.14. The van der Waals surface area contributed by atoms with Crippen LogP contribution in [-0.4, -0.2) is 32.3 Å². The minimum atomic E-state index is -3.77. The molecule has 3 rings (SSSR count). The third kappa shape index (κ3) is 5.52. The SMILES string of the molecule is COc1cc(C)c(S(=O)(=O)Nc2cccc(-c3ccc(OCC(C)C)nn3)c2)cc1C. The number of aryl methyl sites for hydroxylation is 2. The van der Waals surface area contributed by atoms with Crippen molar-refractivity contribution in [2.45, 2.75) is 32.6 Å². The van der Waals surface area contributed by atoms with Gasteiger partial charge in [-0.25, -0.2) is 8.42 Å². The summed E-state index contributed by atoms with van der Waals surface area (Å²) in [5.74, 6) is 1.50. The van der Waals surface area contributed by atoms with Crippen LogP contribution in [0.2, 0.25) is 0 Å². The van der Waals surface area contributed by atoms with Gasteiger partial charge in [-0.05, 0) is 61.2 Å². The Morgan fingerprint density at radius 1 is 1.00 bits per heavy atom. The Morgan fingerprint density at radius 3 is 2.42 bits per heavy atom. The van der Waals surface area contributed by atoms with E-state index >= 15 is 0 Å². The Bertz CT molecular complexity index is 1160. The number of rotatable bonds is 8. The fourth-order valence-electron chi connectivity index (χ4n) is 3.03. The molecule has 0 amide bonds. The van der Waals surface area contributed by atoms with Crippen LogP contribution in [-0.2, 0) is 10.0 Å². The second-order valence-electron chi connectivity index (χ2n) is 7.74. The second-order valence-corrected chi connectivity index (χ2v) is 9.39. The highest BCUT2D eigenvalue weighted by Crippen LogP contribution is 2.28. The average molecular weight is 442 g/mol. The summed E-state index contributed by atoms with van der Waals surface area (Å²) in [7, 11) is -2.21. The van der Waals surface area contributed by atoms with Crippen LogP contribution in [0.3, 0.4) is 0 Å². The molecule has 3 aromatic rings. The predicted molar refractivity (Wildman–Crippen MR) is 121 cm³/mol. The van der Waals surface area contributed by atoms with E-state index in [2.05, 4.69) is 28.8 Å². The molecule has 8 heteroatoms. The standard InChI is InChI=1S/C23H27N3O4S/c1-15(2)14-30-23-10-9-20(24-25-23)18-7-6-8-19(13-18)26-31(27,28)22-12-16(3)21(29-5)11-17(22)4/h6-13,15,26H,14H2,1-5H3. The number of anilines is 1. The van der Waals surface area contributed by atoms with Gasteiger partial charge >= 0.3 is 0 Å². The fourth-order valence-corrected chi connectivity index (χ4v) is 4.39. The van der Waals surface area contributed by atoms with Gasteiger partial charge in [0.15, 0.2) is 0 Å².